The summed E-state index contributed by atoms with van der Waals surface area (Å²) >= 11 is 0. The Kier molecular flexibility index (Phi) is 2.70. The standard InChI is InChI=1S/C13H13N3O3/c17-11-9(12(18)16-13(19)15-11)6-10-7-2-1-3-8(14-10)5-4-7/h4-6,10,14H,1-3H2,(H2,15,16,17,18,19). The van der Waals surface area contributed by atoms with E-state index in [1.807, 2.05) is 12.2 Å². The maximum atomic E-state index is 11.7. The topological polar surface area (TPSA) is 87.3 Å². The minimum absolute atomic E-state index is 0.0221. The van der Waals surface area contributed by atoms with Crippen molar-refractivity contribution in [2.24, 2.45) is 0 Å². The normalized spacial score (nSPS) is 25.8. The average Bonchev–Trinajstić information content (AvgIpc) is 2.68. The summed E-state index contributed by atoms with van der Waals surface area (Å²) in [6, 6.07) is -0.924. The van der Waals surface area contributed by atoms with Crippen molar-refractivity contribution in [2.45, 2.75) is 25.3 Å². The quantitative estimate of drug-likeness (QED) is 0.465. The van der Waals surface area contributed by atoms with Gasteiger partial charge >= 0.3 is 6.03 Å². The van der Waals surface area contributed by atoms with Crippen LogP contribution in [0.5, 0.6) is 0 Å². The van der Waals surface area contributed by atoms with E-state index < -0.39 is 17.8 Å². The summed E-state index contributed by atoms with van der Waals surface area (Å²) in [5.74, 6) is -1.30. The second-order valence-electron chi connectivity index (χ2n) is 4.73. The third-order valence-electron chi connectivity index (χ3n) is 3.43. The van der Waals surface area contributed by atoms with Crippen LogP contribution in [-0.2, 0) is 9.59 Å². The number of hydrogen-bond acceptors (Lipinski definition) is 4. The molecule has 2 fully saturated rings. The second-order valence-corrected chi connectivity index (χ2v) is 4.73. The molecule has 0 spiro atoms. The van der Waals surface area contributed by atoms with E-state index in [1.54, 1.807) is 6.08 Å². The van der Waals surface area contributed by atoms with Crippen LogP contribution < -0.4 is 16.0 Å². The first kappa shape index (κ1) is 11.7. The fraction of sp³-hybridized carbons (Fsp3) is 0.308. The summed E-state index contributed by atoms with van der Waals surface area (Å²) < 4.78 is 0. The van der Waals surface area contributed by atoms with Crippen molar-refractivity contribution in [3.63, 3.8) is 0 Å². The molecule has 2 bridgehead atoms. The summed E-state index contributed by atoms with van der Waals surface area (Å²) in [7, 11) is 0. The summed E-state index contributed by atoms with van der Waals surface area (Å²) in [5, 5.41) is 7.42. The number of nitrogens with one attached hydrogen (secondary N) is 3. The fourth-order valence-corrected chi connectivity index (χ4v) is 2.47. The number of fused-ring (bicyclic) bond motifs is 4. The van der Waals surface area contributed by atoms with Crippen LogP contribution in [0.4, 0.5) is 4.79 Å². The molecule has 0 aromatic rings. The molecule has 4 aliphatic rings. The van der Waals surface area contributed by atoms with E-state index in [4.69, 9.17) is 0 Å². The molecule has 1 atom stereocenters. The van der Waals surface area contributed by atoms with Crippen LogP contribution in [-0.4, -0.2) is 23.9 Å². The van der Waals surface area contributed by atoms with Gasteiger partial charge in [-0.15, -0.1) is 0 Å². The van der Waals surface area contributed by atoms with E-state index in [2.05, 4.69) is 16.0 Å². The van der Waals surface area contributed by atoms with Crippen molar-refractivity contribution in [3.8, 4) is 0 Å². The number of dihydropyridines is 1. The maximum Gasteiger partial charge on any atom is 0.328 e. The van der Waals surface area contributed by atoms with E-state index in [-0.39, 0.29) is 11.6 Å². The van der Waals surface area contributed by atoms with Gasteiger partial charge in [0.2, 0.25) is 0 Å². The molecule has 0 radical (unpaired) electrons. The molecule has 1 aliphatic carbocycles. The predicted octanol–water partition coefficient (Wildman–Crippen LogP) is 0.245. The molecule has 19 heavy (non-hydrogen) atoms. The van der Waals surface area contributed by atoms with Gasteiger partial charge in [0.1, 0.15) is 5.57 Å². The first-order chi connectivity index (χ1) is 9.13. The van der Waals surface area contributed by atoms with Crippen molar-refractivity contribution in [3.05, 3.63) is 35.1 Å². The van der Waals surface area contributed by atoms with Crippen LogP contribution >= 0.6 is 0 Å². The lowest BCUT2D eigenvalue weighted by atomic mass is 9.98. The second kappa shape index (κ2) is 4.38. The summed E-state index contributed by atoms with van der Waals surface area (Å²) in [6.45, 7) is 0. The molecule has 4 amide bonds. The van der Waals surface area contributed by atoms with Gasteiger partial charge in [-0.2, -0.15) is 0 Å². The minimum atomic E-state index is -0.774. The van der Waals surface area contributed by atoms with Crippen LogP contribution in [0.15, 0.2) is 35.1 Å². The monoisotopic (exact) mass is 259 g/mol. The van der Waals surface area contributed by atoms with Crippen LogP contribution in [0.25, 0.3) is 0 Å². The van der Waals surface area contributed by atoms with Crippen molar-refractivity contribution in [1.29, 1.82) is 0 Å². The van der Waals surface area contributed by atoms with E-state index in [0.29, 0.717) is 0 Å². The Morgan fingerprint density at radius 2 is 1.79 bits per heavy atom. The molecule has 0 saturated carbocycles. The Morgan fingerprint density at radius 1 is 1.05 bits per heavy atom. The highest BCUT2D eigenvalue weighted by molar-refractivity contribution is 6.28. The summed E-state index contributed by atoms with van der Waals surface area (Å²) in [4.78, 5) is 34.3. The minimum Gasteiger partial charge on any atom is -0.378 e. The molecule has 3 aliphatic heterocycles. The van der Waals surface area contributed by atoms with Crippen molar-refractivity contribution >= 4 is 17.8 Å². The highest BCUT2D eigenvalue weighted by Crippen LogP contribution is 2.26. The molecule has 0 aromatic heterocycles. The van der Waals surface area contributed by atoms with Gasteiger partial charge in [-0.3, -0.25) is 20.2 Å². The van der Waals surface area contributed by atoms with E-state index in [9.17, 15) is 14.4 Å². The number of carbonyl (C=O) groups excluding carboxylic acids is 3. The molecular weight excluding hydrogens is 246 g/mol. The molecule has 4 rings (SSSR count). The fourth-order valence-electron chi connectivity index (χ4n) is 2.47. The van der Waals surface area contributed by atoms with Gasteiger partial charge in [-0.25, -0.2) is 4.79 Å². The average molecular weight is 259 g/mol. The van der Waals surface area contributed by atoms with E-state index >= 15 is 0 Å². The molecular formula is C13H13N3O3. The van der Waals surface area contributed by atoms with Gasteiger partial charge in [0.15, 0.2) is 0 Å². The zero-order valence-electron chi connectivity index (χ0n) is 10.2. The van der Waals surface area contributed by atoms with Gasteiger partial charge in [0, 0.05) is 5.70 Å². The Labute approximate surface area is 109 Å². The first-order valence-electron chi connectivity index (χ1n) is 6.18. The van der Waals surface area contributed by atoms with Crippen molar-refractivity contribution in [1.82, 2.24) is 16.0 Å². The molecule has 3 N–H and O–H groups in total. The lowest BCUT2D eigenvalue weighted by Gasteiger charge is -2.23. The first-order valence-corrected chi connectivity index (χ1v) is 6.18. The Bertz CT molecular complexity index is 550. The lowest BCUT2D eigenvalue weighted by molar-refractivity contribution is -0.124. The zero-order valence-corrected chi connectivity index (χ0v) is 10.2. The number of barbiturate groups is 1. The van der Waals surface area contributed by atoms with Gasteiger partial charge < -0.3 is 5.32 Å². The van der Waals surface area contributed by atoms with Gasteiger partial charge in [-0.1, -0.05) is 6.08 Å². The summed E-state index contributed by atoms with van der Waals surface area (Å²) in [5.41, 5.74) is 2.23. The number of hydrogen-bond donors (Lipinski definition) is 3. The highest BCUT2D eigenvalue weighted by Gasteiger charge is 2.30. The number of imide groups is 2. The lowest BCUT2D eigenvalue weighted by Crippen LogP contribution is -2.52. The van der Waals surface area contributed by atoms with Crippen molar-refractivity contribution in [2.75, 3.05) is 0 Å². The van der Waals surface area contributed by atoms with Gasteiger partial charge in [0.25, 0.3) is 11.8 Å². The van der Waals surface area contributed by atoms with Gasteiger partial charge in [0.05, 0.1) is 6.04 Å². The molecule has 1 unspecified atom stereocenters. The van der Waals surface area contributed by atoms with Crippen molar-refractivity contribution < 1.29 is 14.4 Å². The van der Waals surface area contributed by atoms with Crippen LogP contribution in [0.1, 0.15) is 19.3 Å². The number of urea groups is 1. The summed E-state index contributed by atoms with van der Waals surface area (Å²) in [6.07, 6.45) is 8.61. The smallest absolute Gasteiger partial charge is 0.328 e. The van der Waals surface area contributed by atoms with Crippen LogP contribution in [0.3, 0.4) is 0 Å². The highest BCUT2D eigenvalue weighted by atomic mass is 16.2. The Hall–Kier alpha value is -2.37. The van der Waals surface area contributed by atoms with E-state index in [0.717, 1.165) is 30.5 Å². The maximum absolute atomic E-state index is 11.7. The third-order valence-corrected chi connectivity index (χ3v) is 3.43. The third kappa shape index (κ3) is 2.16. The number of allylic oxidation sites excluding steroid dienone is 3. The number of rotatable bonds is 1. The van der Waals surface area contributed by atoms with Crippen LogP contribution in [0, 0.1) is 0 Å². The van der Waals surface area contributed by atoms with E-state index in [1.165, 1.54) is 0 Å². The molecule has 2 saturated heterocycles. The molecule has 98 valence electrons. The molecule has 6 nitrogen and oxygen atoms in total. The Morgan fingerprint density at radius 3 is 2.53 bits per heavy atom. The molecule has 0 aromatic carbocycles. The SMILES string of the molecule is O=C1NC(=O)C(=CC2NC3=CC=C2CCC3)C(=O)N1. The number of carbonyl (C=O) groups is 3. The van der Waals surface area contributed by atoms with Crippen LogP contribution in [0.2, 0.25) is 0 Å². The zero-order chi connectivity index (χ0) is 13.4. The molecule has 3 heterocycles. The largest absolute Gasteiger partial charge is 0.378 e. The molecule has 6 heteroatoms. The Balaban J connectivity index is 1.88. The van der Waals surface area contributed by atoms with Gasteiger partial charge in [-0.05, 0) is 37.0 Å². The number of amides is 4. The predicted molar refractivity (Wildman–Crippen MR) is 66.7 cm³/mol.